The molecule has 25 heavy (non-hydrogen) atoms. The van der Waals surface area contributed by atoms with Crippen LogP contribution in [0.2, 0.25) is 0 Å². The van der Waals surface area contributed by atoms with Gasteiger partial charge in [-0.1, -0.05) is 47.0 Å². The van der Waals surface area contributed by atoms with Gasteiger partial charge in [-0.25, -0.2) is 0 Å². The van der Waals surface area contributed by atoms with E-state index in [1.807, 2.05) is 6.08 Å². The van der Waals surface area contributed by atoms with Crippen molar-refractivity contribution in [1.29, 1.82) is 0 Å². The van der Waals surface area contributed by atoms with Crippen molar-refractivity contribution in [3.05, 3.63) is 23.3 Å². The van der Waals surface area contributed by atoms with Gasteiger partial charge < -0.3 is 5.11 Å². The van der Waals surface area contributed by atoms with Gasteiger partial charge in [0.15, 0.2) is 11.6 Å². The molecule has 0 radical (unpaired) electrons. The minimum Gasteiger partial charge on any atom is -0.381 e. The lowest BCUT2D eigenvalue weighted by atomic mass is 9.50. The minimum absolute atomic E-state index is 0.0846. The Kier molecular flexibility index (Phi) is 3.81. The van der Waals surface area contributed by atoms with E-state index < -0.39 is 5.60 Å². The molecule has 4 heteroatoms. The lowest BCUT2D eigenvalue weighted by Crippen LogP contribution is -2.54. The Labute approximate surface area is 158 Å². The molecule has 1 unspecified atom stereocenters. The first-order valence-electron chi connectivity index (χ1n) is 9.46. The Hall–Kier alpha value is -0.740. The molecule has 6 atom stereocenters. The SMILES string of the molecule is CC(=O)[C@@]1(O)CC[C@H]2[C@@H]3CCC4=CC(=O)CC(Br)[C@]4(C)C3=CC[C@@]21C. The number of alkyl halides is 1. The maximum Gasteiger partial charge on any atom is 0.161 e. The smallest absolute Gasteiger partial charge is 0.161 e. The maximum absolute atomic E-state index is 12.2. The summed E-state index contributed by atoms with van der Waals surface area (Å²) < 4.78 is 0. The number of ketones is 2. The molecule has 0 aromatic carbocycles. The van der Waals surface area contributed by atoms with Crippen LogP contribution in [-0.2, 0) is 9.59 Å². The molecule has 2 fully saturated rings. The standard InChI is InChI=1S/C21H27BrO3/c1-12(23)21(25)9-7-16-15-5-4-13-10-14(24)11-18(22)20(13,3)17(15)6-8-19(16,21)2/h6,10,15-16,18,25H,4-5,7-9,11H2,1-3H3/t15-,16-,18?,19-,20-,21-/m0/s1. The molecule has 1 N–H and O–H groups in total. The summed E-state index contributed by atoms with van der Waals surface area (Å²) in [5.74, 6) is 0.888. The number of carbonyl (C=O) groups excluding carboxylic acids is 2. The summed E-state index contributed by atoms with van der Waals surface area (Å²) in [4.78, 5) is 24.4. The molecular formula is C21H27BrO3. The number of fused-ring (bicyclic) bond motifs is 5. The van der Waals surface area contributed by atoms with Gasteiger partial charge in [0, 0.05) is 22.1 Å². The fourth-order valence-corrected chi connectivity index (χ4v) is 7.33. The molecule has 0 aliphatic heterocycles. The maximum atomic E-state index is 12.2. The predicted octanol–water partition coefficient (Wildman–Crippen LogP) is 4.13. The third-order valence-electron chi connectivity index (χ3n) is 8.13. The van der Waals surface area contributed by atoms with E-state index >= 15 is 0 Å². The summed E-state index contributed by atoms with van der Waals surface area (Å²) in [7, 11) is 0. The summed E-state index contributed by atoms with van der Waals surface area (Å²) in [5.41, 5.74) is 1.05. The Morgan fingerprint density at radius 3 is 2.72 bits per heavy atom. The molecule has 2 saturated carbocycles. The van der Waals surface area contributed by atoms with Crippen molar-refractivity contribution in [2.24, 2.45) is 22.7 Å². The number of carbonyl (C=O) groups is 2. The normalized spacial score (nSPS) is 48.8. The van der Waals surface area contributed by atoms with E-state index in [0.29, 0.717) is 24.7 Å². The van der Waals surface area contributed by atoms with Gasteiger partial charge in [-0.3, -0.25) is 9.59 Å². The van der Waals surface area contributed by atoms with E-state index in [0.717, 1.165) is 25.7 Å². The van der Waals surface area contributed by atoms with E-state index in [-0.39, 0.29) is 27.2 Å². The van der Waals surface area contributed by atoms with Gasteiger partial charge in [-0.15, -0.1) is 0 Å². The zero-order valence-corrected chi connectivity index (χ0v) is 16.9. The van der Waals surface area contributed by atoms with Gasteiger partial charge in [-0.05, 0) is 56.9 Å². The van der Waals surface area contributed by atoms with E-state index in [4.69, 9.17) is 0 Å². The van der Waals surface area contributed by atoms with Crippen LogP contribution in [0.1, 0.15) is 59.3 Å². The van der Waals surface area contributed by atoms with Crippen molar-refractivity contribution in [2.75, 3.05) is 0 Å². The van der Waals surface area contributed by atoms with E-state index in [1.54, 1.807) is 0 Å². The average Bonchev–Trinajstić information content (AvgIpc) is 2.82. The van der Waals surface area contributed by atoms with Gasteiger partial charge in [0.25, 0.3) is 0 Å². The van der Waals surface area contributed by atoms with Gasteiger partial charge in [-0.2, -0.15) is 0 Å². The molecule has 0 bridgehead atoms. The molecule has 4 aliphatic carbocycles. The van der Waals surface area contributed by atoms with Gasteiger partial charge in [0.1, 0.15) is 5.60 Å². The Bertz CT molecular complexity index is 723. The molecule has 0 aromatic rings. The highest BCUT2D eigenvalue weighted by molar-refractivity contribution is 9.09. The topological polar surface area (TPSA) is 54.4 Å². The molecular weight excluding hydrogens is 380 g/mol. The van der Waals surface area contributed by atoms with Gasteiger partial charge in [0.05, 0.1) is 0 Å². The number of hydrogen-bond donors (Lipinski definition) is 1. The minimum atomic E-state index is -1.19. The largest absolute Gasteiger partial charge is 0.381 e. The Morgan fingerprint density at radius 2 is 2.04 bits per heavy atom. The van der Waals surface area contributed by atoms with Gasteiger partial charge >= 0.3 is 0 Å². The van der Waals surface area contributed by atoms with E-state index in [1.165, 1.54) is 18.1 Å². The number of rotatable bonds is 1. The molecule has 136 valence electrons. The van der Waals surface area contributed by atoms with Crippen LogP contribution in [0.3, 0.4) is 0 Å². The molecule has 0 amide bonds. The molecule has 0 spiro atoms. The number of aliphatic hydroxyl groups is 1. The second kappa shape index (κ2) is 5.39. The lowest BCUT2D eigenvalue weighted by molar-refractivity contribution is -0.150. The Morgan fingerprint density at radius 1 is 1.32 bits per heavy atom. The van der Waals surface area contributed by atoms with Crippen LogP contribution in [0, 0.1) is 22.7 Å². The second-order valence-corrected chi connectivity index (χ2v) is 10.1. The summed E-state index contributed by atoms with van der Waals surface area (Å²) in [5, 5.41) is 11.2. The van der Waals surface area contributed by atoms with Crippen molar-refractivity contribution in [3.63, 3.8) is 0 Å². The molecule has 4 rings (SSSR count). The molecule has 0 heterocycles. The summed E-state index contributed by atoms with van der Waals surface area (Å²) in [6.07, 6.45) is 8.93. The number of halogens is 1. The van der Waals surface area contributed by atoms with Crippen LogP contribution in [0.25, 0.3) is 0 Å². The second-order valence-electron chi connectivity index (χ2n) is 9.00. The zero-order valence-electron chi connectivity index (χ0n) is 15.3. The van der Waals surface area contributed by atoms with Crippen LogP contribution < -0.4 is 0 Å². The quantitative estimate of drug-likeness (QED) is 0.525. The first-order valence-corrected chi connectivity index (χ1v) is 10.4. The van der Waals surface area contributed by atoms with Crippen LogP contribution in [-0.4, -0.2) is 27.1 Å². The Balaban J connectivity index is 1.80. The fraction of sp³-hybridized carbons (Fsp3) is 0.714. The van der Waals surface area contributed by atoms with Crippen LogP contribution in [0.5, 0.6) is 0 Å². The first-order chi connectivity index (χ1) is 11.6. The fourth-order valence-electron chi connectivity index (χ4n) is 6.46. The third-order valence-corrected chi connectivity index (χ3v) is 9.37. The van der Waals surface area contributed by atoms with E-state index in [9.17, 15) is 14.7 Å². The predicted molar refractivity (Wildman–Crippen MR) is 100 cm³/mol. The highest BCUT2D eigenvalue weighted by atomic mass is 79.9. The number of allylic oxidation sites excluding steroid dienone is 4. The first kappa shape index (κ1) is 17.7. The highest BCUT2D eigenvalue weighted by Gasteiger charge is 2.64. The van der Waals surface area contributed by atoms with Crippen molar-refractivity contribution >= 4 is 27.5 Å². The number of Topliss-reactive ketones (excluding diaryl/α,β-unsaturated/α-hetero) is 1. The summed E-state index contributed by atoms with van der Waals surface area (Å²) in [6, 6.07) is 0. The van der Waals surface area contributed by atoms with Crippen molar-refractivity contribution < 1.29 is 14.7 Å². The van der Waals surface area contributed by atoms with E-state index in [2.05, 4.69) is 35.9 Å². The van der Waals surface area contributed by atoms with Crippen molar-refractivity contribution in [1.82, 2.24) is 0 Å². The van der Waals surface area contributed by atoms with Crippen molar-refractivity contribution in [2.45, 2.75) is 69.7 Å². The van der Waals surface area contributed by atoms with Gasteiger partial charge in [0.2, 0.25) is 0 Å². The van der Waals surface area contributed by atoms with Crippen LogP contribution in [0.15, 0.2) is 23.3 Å². The zero-order chi connectivity index (χ0) is 18.2. The molecule has 0 saturated heterocycles. The van der Waals surface area contributed by atoms with Crippen molar-refractivity contribution in [3.8, 4) is 0 Å². The third kappa shape index (κ3) is 2.07. The number of hydrogen-bond acceptors (Lipinski definition) is 3. The monoisotopic (exact) mass is 406 g/mol. The van der Waals surface area contributed by atoms with Crippen LogP contribution >= 0.6 is 15.9 Å². The average molecular weight is 407 g/mol. The molecule has 4 aliphatic rings. The van der Waals surface area contributed by atoms with Crippen LogP contribution in [0.4, 0.5) is 0 Å². The summed E-state index contributed by atoms with van der Waals surface area (Å²) >= 11 is 3.81. The molecule has 0 aromatic heterocycles. The lowest BCUT2D eigenvalue weighted by Gasteiger charge is -2.55. The molecule has 3 nitrogen and oxygen atoms in total. The summed E-state index contributed by atoms with van der Waals surface area (Å²) in [6.45, 7) is 5.93. The highest BCUT2D eigenvalue weighted by Crippen LogP contribution is 2.66.